The Morgan fingerprint density at radius 3 is 2.42 bits per heavy atom. The summed E-state index contributed by atoms with van der Waals surface area (Å²) in [5, 5.41) is 0. The van der Waals surface area contributed by atoms with Gasteiger partial charge in [0.15, 0.2) is 15.6 Å². The van der Waals surface area contributed by atoms with Gasteiger partial charge in [-0.2, -0.15) is 0 Å². The van der Waals surface area contributed by atoms with Crippen LogP contribution < -0.4 is 0 Å². The first-order chi connectivity index (χ1) is 12.0. The average molecular weight is 377 g/mol. The van der Waals surface area contributed by atoms with Gasteiger partial charge in [-0.25, -0.2) is 8.42 Å². The van der Waals surface area contributed by atoms with Gasteiger partial charge in [-0.3, -0.25) is 4.79 Å². The Bertz CT molecular complexity index is 831. The van der Waals surface area contributed by atoms with Crippen molar-refractivity contribution in [3.05, 3.63) is 41.5 Å². The van der Waals surface area contributed by atoms with Crippen molar-refractivity contribution in [2.45, 2.75) is 70.0 Å². The summed E-state index contributed by atoms with van der Waals surface area (Å²) in [7, 11) is -3.53. The van der Waals surface area contributed by atoms with Gasteiger partial charge in [0.05, 0.1) is 22.4 Å². The molecule has 1 fully saturated rings. The normalized spacial score (nSPS) is 26.9. The van der Waals surface area contributed by atoms with E-state index < -0.39 is 9.84 Å². The molecule has 0 spiro atoms. The molecule has 1 aromatic carbocycles. The number of fused-ring (bicyclic) bond motifs is 1. The number of carbonyl (C=O) groups is 1. The van der Waals surface area contributed by atoms with E-state index in [1.165, 1.54) is 0 Å². The van der Waals surface area contributed by atoms with Gasteiger partial charge in [-0.1, -0.05) is 30.7 Å². The molecule has 0 aliphatic heterocycles. The molecule has 1 aromatic rings. The number of hydrogen-bond donors (Lipinski definition) is 0. The number of carbonyl (C=O) groups excluding carboxylic acids is 1. The number of ether oxygens (including phenoxy) is 1. The molecule has 26 heavy (non-hydrogen) atoms. The Morgan fingerprint density at radius 1 is 1.15 bits per heavy atom. The summed E-state index contributed by atoms with van der Waals surface area (Å²) in [4.78, 5) is 12.9. The molecule has 5 heteroatoms. The topological polar surface area (TPSA) is 60.4 Å². The van der Waals surface area contributed by atoms with Crippen LogP contribution in [0, 0.1) is 5.41 Å². The number of ketones is 1. The molecule has 0 unspecified atom stereocenters. The van der Waals surface area contributed by atoms with Crippen molar-refractivity contribution in [2.24, 2.45) is 5.41 Å². The molecule has 0 amide bonds. The number of Topliss-reactive ketones (excluding diaryl/α,β-unsaturated/α-hetero) is 1. The lowest BCUT2D eigenvalue weighted by Gasteiger charge is -2.40. The molecule has 2 aliphatic carbocycles. The third kappa shape index (κ3) is 3.65. The molecule has 0 N–H and O–H groups in total. The Hall–Kier alpha value is -1.46. The zero-order valence-electron chi connectivity index (χ0n) is 16.0. The van der Waals surface area contributed by atoms with Crippen molar-refractivity contribution in [3.8, 4) is 0 Å². The van der Waals surface area contributed by atoms with Gasteiger partial charge in [-0.15, -0.1) is 0 Å². The minimum absolute atomic E-state index is 0.0200. The molecule has 0 bridgehead atoms. The summed E-state index contributed by atoms with van der Waals surface area (Å²) < 4.78 is 31.9. The highest BCUT2D eigenvalue weighted by Gasteiger charge is 2.49. The maximum atomic E-state index is 12.8. The minimum Gasteiger partial charge on any atom is -0.372 e. The van der Waals surface area contributed by atoms with Crippen molar-refractivity contribution in [3.63, 3.8) is 0 Å². The number of rotatable bonds is 4. The summed E-state index contributed by atoms with van der Waals surface area (Å²) in [5.41, 5.74) is 0.994. The van der Waals surface area contributed by atoms with Crippen LogP contribution in [0.3, 0.4) is 0 Å². The molecule has 0 saturated heterocycles. The first-order valence-corrected chi connectivity index (χ1v) is 10.9. The highest BCUT2D eigenvalue weighted by molar-refractivity contribution is 7.91. The van der Waals surface area contributed by atoms with Gasteiger partial charge in [0.25, 0.3) is 0 Å². The fourth-order valence-electron chi connectivity index (χ4n) is 4.26. The fourth-order valence-corrected chi connectivity index (χ4v) is 5.71. The first kappa shape index (κ1) is 19.3. The van der Waals surface area contributed by atoms with Crippen molar-refractivity contribution >= 4 is 15.6 Å². The number of benzene rings is 1. The predicted molar refractivity (Wildman–Crippen MR) is 102 cm³/mol. The van der Waals surface area contributed by atoms with Crippen LogP contribution >= 0.6 is 0 Å². The number of hydrogen-bond acceptors (Lipinski definition) is 4. The summed E-state index contributed by atoms with van der Waals surface area (Å²) in [6.45, 7) is 8.24. The predicted octanol–water partition coefficient (Wildman–Crippen LogP) is 4.10. The van der Waals surface area contributed by atoms with Crippen LogP contribution in [0.5, 0.6) is 0 Å². The molecule has 4 nitrogen and oxygen atoms in total. The van der Waals surface area contributed by atoms with Gasteiger partial charge in [0.2, 0.25) is 0 Å². The maximum absolute atomic E-state index is 12.8. The second kappa shape index (κ2) is 6.61. The van der Waals surface area contributed by atoms with Crippen molar-refractivity contribution in [1.29, 1.82) is 0 Å². The Morgan fingerprint density at radius 2 is 1.81 bits per heavy atom. The van der Waals surface area contributed by atoms with Crippen LogP contribution in [0.4, 0.5) is 0 Å². The van der Waals surface area contributed by atoms with Crippen LogP contribution in [-0.2, 0) is 19.4 Å². The summed E-state index contributed by atoms with van der Waals surface area (Å²) in [6, 6.07) is 8.39. The van der Waals surface area contributed by atoms with E-state index in [-0.39, 0.29) is 33.6 Å². The van der Waals surface area contributed by atoms with E-state index in [2.05, 4.69) is 6.92 Å². The third-order valence-electron chi connectivity index (χ3n) is 5.56. The van der Waals surface area contributed by atoms with Gasteiger partial charge in [0, 0.05) is 17.4 Å². The lowest BCUT2D eigenvalue weighted by atomic mass is 9.71. The van der Waals surface area contributed by atoms with Crippen LogP contribution in [0.2, 0.25) is 0 Å². The Kier molecular flexibility index (Phi) is 4.91. The summed E-state index contributed by atoms with van der Waals surface area (Å²) >= 11 is 0. The van der Waals surface area contributed by atoms with Crippen molar-refractivity contribution in [2.75, 3.05) is 5.75 Å². The minimum atomic E-state index is -3.53. The molecule has 0 heterocycles. The monoisotopic (exact) mass is 376 g/mol. The van der Waals surface area contributed by atoms with Gasteiger partial charge in [0.1, 0.15) is 0 Å². The Labute approximate surface area is 156 Å². The molecular weight excluding hydrogens is 348 g/mol. The van der Waals surface area contributed by atoms with Gasteiger partial charge >= 0.3 is 0 Å². The molecule has 2 aliphatic rings. The standard InChI is InChI=1S/C21H28O4S/c1-20(2,3)25-19-11-10-17-16(18(22)12-13-21(17,19)4)14-26(23,24)15-8-6-5-7-9-15/h5-9,19H,10-14H2,1-4H3/t19-,21-/m1/s1. The number of sulfone groups is 1. The fraction of sp³-hybridized carbons (Fsp3) is 0.571. The lowest BCUT2D eigenvalue weighted by molar-refractivity contribution is -0.120. The zero-order chi connectivity index (χ0) is 19.2. The second-order valence-electron chi connectivity index (χ2n) is 8.63. The van der Waals surface area contributed by atoms with Crippen molar-refractivity contribution < 1.29 is 17.9 Å². The molecular formula is C21H28O4S. The van der Waals surface area contributed by atoms with E-state index in [9.17, 15) is 13.2 Å². The SMILES string of the molecule is CC(C)(C)O[C@@H]1CCC2=C(CS(=O)(=O)c3ccccc3)C(=O)CC[C@]21C. The largest absolute Gasteiger partial charge is 0.372 e. The average Bonchev–Trinajstić information content (AvgIpc) is 2.87. The zero-order valence-corrected chi connectivity index (χ0v) is 16.9. The summed E-state index contributed by atoms with van der Waals surface area (Å²) in [6.07, 6.45) is 2.73. The molecule has 2 atom stereocenters. The van der Waals surface area contributed by atoms with Crippen LogP contribution in [0.1, 0.15) is 53.4 Å². The van der Waals surface area contributed by atoms with E-state index in [0.29, 0.717) is 12.0 Å². The van der Waals surface area contributed by atoms with Gasteiger partial charge in [-0.05, 0) is 52.2 Å². The molecule has 142 valence electrons. The maximum Gasteiger partial charge on any atom is 0.182 e. The molecule has 0 aromatic heterocycles. The van der Waals surface area contributed by atoms with Crippen LogP contribution in [-0.4, -0.2) is 31.7 Å². The highest BCUT2D eigenvalue weighted by atomic mass is 32.2. The highest BCUT2D eigenvalue weighted by Crippen LogP contribution is 2.53. The van der Waals surface area contributed by atoms with E-state index in [1.54, 1.807) is 30.3 Å². The quantitative estimate of drug-likeness (QED) is 0.794. The van der Waals surface area contributed by atoms with E-state index in [0.717, 1.165) is 24.8 Å². The smallest absolute Gasteiger partial charge is 0.182 e. The second-order valence-corrected chi connectivity index (χ2v) is 10.6. The molecule has 1 saturated carbocycles. The molecule has 3 rings (SSSR count). The van der Waals surface area contributed by atoms with E-state index in [1.807, 2.05) is 20.8 Å². The van der Waals surface area contributed by atoms with Crippen LogP contribution in [0.15, 0.2) is 46.4 Å². The van der Waals surface area contributed by atoms with Crippen molar-refractivity contribution in [1.82, 2.24) is 0 Å². The molecule has 0 radical (unpaired) electrons. The van der Waals surface area contributed by atoms with Gasteiger partial charge < -0.3 is 4.74 Å². The van der Waals surface area contributed by atoms with Crippen LogP contribution in [0.25, 0.3) is 0 Å². The third-order valence-corrected chi connectivity index (χ3v) is 7.22. The van der Waals surface area contributed by atoms with E-state index >= 15 is 0 Å². The first-order valence-electron chi connectivity index (χ1n) is 9.24. The van der Waals surface area contributed by atoms with E-state index in [4.69, 9.17) is 4.74 Å². The lowest BCUT2D eigenvalue weighted by Crippen LogP contribution is -2.40. The Balaban J connectivity index is 1.97. The summed E-state index contributed by atoms with van der Waals surface area (Å²) in [5.74, 6) is -0.225.